The number of carbonyl (C=O) groups is 1. The molecule has 0 radical (unpaired) electrons. The topological polar surface area (TPSA) is 76.2 Å². The Kier molecular flexibility index (Phi) is 6.48. The summed E-state index contributed by atoms with van der Waals surface area (Å²) in [5, 5.41) is 7.69. The van der Waals surface area contributed by atoms with E-state index >= 15 is 0 Å². The van der Waals surface area contributed by atoms with Crippen LogP contribution < -0.4 is 11.1 Å². The summed E-state index contributed by atoms with van der Waals surface area (Å²) in [5.74, 6) is 0.516. The highest BCUT2D eigenvalue weighted by Gasteiger charge is 2.26. The average Bonchev–Trinajstić information content (AvgIpc) is 3.22. The van der Waals surface area contributed by atoms with Gasteiger partial charge in [-0.1, -0.05) is 60.7 Å². The fraction of sp³-hybridized carbons (Fsp3) is 0.214. The van der Waals surface area contributed by atoms with Crippen LogP contribution in [-0.2, 0) is 6.42 Å². The molecule has 3 aromatic carbocycles. The lowest BCUT2D eigenvalue weighted by molar-refractivity contribution is 0.182. The van der Waals surface area contributed by atoms with Crippen molar-refractivity contribution in [2.24, 2.45) is 5.92 Å². The molecule has 0 saturated carbocycles. The zero-order valence-corrected chi connectivity index (χ0v) is 19.4. The van der Waals surface area contributed by atoms with Crippen LogP contribution in [0.2, 0.25) is 0 Å². The zero-order chi connectivity index (χ0) is 24.2. The van der Waals surface area contributed by atoms with Crippen molar-refractivity contribution in [3.8, 4) is 16.9 Å². The van der Waals surface area contributed by atoms with Crippen molar-refractivity contribution in [2.75, 3.05) is 24.1 Å². The Bertz CT molecular complexity index is 1280. The monoisotopic (exact) mass is 469 g/mol. The van der Waals surface area contributed by atoms with Gasteiger partial charge in [0.05, 0.1) is 5.69 Å². The molecule has 1 aliphatic heterocycles. The minimum atomic E-state index is -0.341. The molecule has 1 aromatic heterocycles. The third-order valence-corrected chi connectivity index (χ3v) is 6.54. The van der Waals surface area contributed by atoms with Crippen molar-refractivity contribution >= 4 is 17.5 Å². The van der Waals surface area contributed by atoms with E-state index in [1.165, 1.54) is 22.4 Å². The second-order valence-electron chi connectivity index (χ2n) is 8.91. The van der Waals surface area contributed by atoms with Crippen LogP contribution in [0.15, 0.2) is 84.9 Å². The molecule has 4 aromatic rings. The van der Waals surface area contributed by atoms with E-state index in [1.807, 2.05) is 41.3 Å². The summed E-state index contributed by atoms with van der Waals surface area (Å²) in [5.41, 5.74) is 10.3. The Labute approximate surface area is 204 Å². The highest BCUT2D eigenvalue weighted by atomic mass is 19.1. The third kappa shape index (κ3) is 5.04. The number of piperidine rings is 1. The molecule has 0 aliphatic carbocycles. The van der Waals surface area contributed by atoms with Gasteiger partial charge in [-0.25, -0.2) is 13.9 Å². The predicted octanol–water partition coefficient (Wildman–Crippen LogP) is 5.75. The number of rotatable bonds is 5. The molecule has 6 nitrogen and oxygen atoms in total. The summed E-state index contributed by atoms with van der Waals surface area (Å²) >= 11 is 0. The number of nitrogen functional groups attached to an aromatic ring is 1. The molecule has 0 unspecified atom stereocenters. The summed E-state index contributed by atoms with van der Waals surface area (Å²) < 4.78 is 15.0. The van der Waals surface area contributed by atoms with Gasteiger partial charge in [-0.15, -0.1) is 0 Å². The maximum atomic E-state index is 13.5. The zero-order valence-electron chi connectivity index (χ0n) is 19.4. The van der Waals surface area contributed by atoms with Crippen molar-refractivity contribution in [2.45, 2.75) is 19.3 Å². The number of nitrogens with one attached hydrogen (secondary N) is 1. The molecule has 5 rings (SSSR count). The maximum Gasteiger partial charge on any atom is 0.322 e. The summed E-state index contributed by atoms with van der Waals surface area (Å²) in [6, 6.07) is 25.8. The molecule has 2 heterocycles. The first-order chi connectivity index (χ1) is 17.1. The minimum Gasteiger partial charge on any atom is -0.382 e. The highest BCUT2D eigenvalue weighted by molar-refractivity contribution is 5.97. The smallest absolute Gasteiger partial charge is 0.322 e. The number of hydrogen-bond donors (Lipinski definition) is 2. The molecular formula is C28H28FN5O. The Morgan fingerprint density at radius 2 is 1.57 bits per heavy atom. The van der Waals surface area contributed by atoms with Gasteiger partial charge in [-0.05, 0) is 55.0 Å². The molecule has 0 bridgehead atoms. The normalized spacial score (nSPS) is 14.1. The van der Waals surface area contributed by atoms with Crippen LogP contribution in [0.1, 0.15) is 18.4 Å². The SMILES string of the molecule is Nc1c(NC(=O)N2CCC(Cc3ccccc3)CC2)c(-c2ccccc2)nn1-c1ccc(F)cc1. The summed E-state index contributed by atoms with van der Waals surface area (Å²) in [7, 11) is 0. The molecule has 3 N–H and O–H groups in total. The number of amides is 2. The summed E-state index contributed by atoms with van der Waals surface area (Å²) in [4.78, 5) is 15.1. The van der Waals surface area contributed by atoms with E-state index in [4.69, 9.17) is 5.73 Å². The fourth-order valence-corrected chi connectivity index (χ4v) is 4.61. The van der Waals surface area contributed by atoms with Crippen LogP contribution in [0.4, 0.5) is 20.7 Å². The highest BCUT2D eigenvalue weighted by Crippen LogP contribution is 2.34. The molecule has 0 atom stereocenters. The molecule has 1 aliphatic rings. The average molecular weight is 470 g/mol. The molecular weight excluding hydrogens is 441 g/mol. The van der Waals surface area contributed by atoms with Gasteiger partial charge in [0.1, 0.15) is 17.2 Å². The number of nitrogens with two attached hydrogens (primary N) is 1. The van der Waals surface area contributed by atoms with Crippen molar-refractivity contribution in [1.82, 2.24) is 14.7 Å². The van der Waals surface area contributed by atoms with Gasteiger partial charge in [0.25, 0.3) is 0 Å². The van der Waals surface area contributed by atoms with Crippen LogP contribution in [0.5, 0.6) is 0 Å². The quantitative estimate of drug-likeness (QED) is 0.391. The maximum absolute atomic E-state index is 13.5. The summed E-state index contributed by atoms with van der Waals surface area (Å²) in [6.07, 6.45) is 2.95. The number of nitrogens with zero attached hydrogens (tertiary/aromatic N) is 3. The van der Waals surface area contributed by atoms with E-state index < -0.39 is 0 Å². The lowest BCUT2D eigenvalue weighted by Gasteiger charge is -2.32. The number of urea groups is 1. The standard InChI is InChI=1S/C28H28FN5O/c29-23-11-13-24(14-12-23)34-27(30)26(25(32-34)22-9-5-2-6-10-22)31-28(35)33-17-15-21(16-18-33)19-20-7-3-1-4-8-20/h1-14,21H,15-19,30H2,(H,31,35). The number of likely N-dealkylation sites (tertiary alicyclic amines) is 1. The first-order valence-electron chi connectivity index (χ1n) is 11.9. The van der Waals surface area contributed by atoms with Gasteiger partial charge in [0.15, 0.2) is 5.82 Å². The summed E-state index contributed by atoms with van der Waals surface area (Å²) in [6.45, 7) is 1.38. The molecule has 35 heavy (non-hydrogen) atoms. The lowest BCUT2D eigenvalue weighted by Crippen LogP contribution is -2.41. The van der Waals surface area contributed by atoms with Gasteiger partial charge >= 0.3 is 6.03 Å². The van der Waals surface area contributed by atoms with E-state index in [0.29, 0.717) is 41.9 Å². The van der Waals surface area contributed by atoms with Crippen LogP contribution in [-0.4, -0.2) is 33.8 Å². The molecule has 2 amide bonds. The Morgan fingerprint density at radius 3 is 2.23 bits per heavy atom. The predicted molar refractivity (Wildman–Crippen MR) is 137 cm³/mol. The number of anilines is 2. The first kappa shape index (κ1) is 22.7. The largest absolute Gasteiger partial charge is 0.382 e. The van der Waals surface area contributed by atoms with Crippen LogP contribution in [0.25, 0.3) is 16.9 Å². The molecule has 178 valence electrons. The Balaban J connectivity index is 1.34. The van der Waals surface area contributed by atoms with Crippen molar-refractivity contribution < 1.29 is 9.18 Å². The van der Waals surface area contributed by atoms with E-state index in [-0.39, 0.29) is 11.8 Å². The minimum absolute atomic E-state index is 0.189. The molecule has 0 spiro atoms. The van der Waals surface area contributed by atoms with Gasteiger partial charge in [0, 0.05) is 18.7 Å². The number of carbonyl (C=O) groups excluding carboxylic acids is 1. The van der Waals surface area contributed by atoms with Gasteiger partial charge in [-0.3, -0.25) is 0 Å². The van der Waals surface area contributed by atoms with E-state index in [9.17, 15) is 9.18 Å². The van der Waals surface area contributed by atoms with E-state index in [1.54, 1.807) is 12.1 Å². The van der Waals surface area contributed by atoms with Crippen molar-refractivity contribution in [3.63, 3.8) is 0 Å². The Morgan fingerprint density at radius 1 is 0.943 bits per heavy atom. The third-order valence-electron chi connectivity index (χ3n) is 6.54. The number of aromatic nitrogens is 2. The Hall–Kier alpha value is -4.13. The van der Waals surface area contributed by atoms with E-state index in [2.05, 4.69) is 34.7 Å². The van der Waals surface area contributed by atoms with Gasteiger partial charge in [-0.2, -0.15) is 5.10 Å². The van der Waals surface area contributed by atoms with Crippen LogP contribution >= 0.6 is 0 Å². The van der Waals surface area contributed by atoms with Gasteiger partial charge in [0.2, 0.25) is 0 Å². The second-order valence-corrected chi connectivity index (χ2v) is 8.91. The molecule has 1 fully saturated rings. The van der Waals surface area contributed by atoms with Crippen LogP contribution in [0, 0.1) is 11.7 Å². The van der Waals surface area contributed by atoms with Crippen molar-refractivity contribution in [3.05, 3.63) is 96.3 Å². The number of halogens is 1. The first-order valence-corrected chi connectivity index (χ1v) is 11.9. The molecule has 7 heteroatoms. The second kappa shape index (κ2) is 10.0. The fourth-order valence-electron chi connectivity index (χ4n) is 4.61. The van der Waals surface area contributed by atoms with Gasteiger partial charge < -0.3 is 16.0 Å². The van der Waals surface area contributed by atoms with E-state index in [0.717, 1.165) is 24.8 Å². The number of benzene rings is 3. The lowest BCUT2D eigenvalue weighted by atomic mass is 9.90. The van der Waals surface area contributed by atoms with Crippen LogP contribution in [0.3, 0.4) is 0 Å². The molecule has 1 saturated heterocycles. The number of hydrogen-bond acceptors (Lipinski definition) is 3. The van der Waals surface area contributed by atoms with Crippen molar-refractivity contribution in [1.29, 1.82) is 0 Å².